The zero-order valence-corrected chi connectivity index (χ0v) is 31.4. The first-order valence-corrected chi connectivity index (χ1v) is 19.8. The van der Waals surface area contributed by atoms with Crippen LogP contribution >= 0.6 is 0 Å². The molecule has 0 radical (unpaired) electrons. The van der Waals surface area contributed by atoms with E-state index in [1.54, 1.807) is 0 Å². The van der Waals surface area contributed by atoms with Crippen molar-refractivity contribution in [1.82, 2.24) is 9.55 Å². The lowest BCUT2D eigenvalue weighted by Crippen LogP contribution is -1.94. The number of H-pyrrole nitrogens is 1. The van der Waals surface area contributed by atoms with Crippen molar-refractivity contribution in [1.29, 1.82) is 0 Å². The Bertz CT molecular complexity index is 3580. The molecule has 0 saturated carbocycles. The predicted molar refractivity (Wildman–Crippen MR) is 244 cm³/mol. The molecule has 0 bridgehead atoms. The monoisotopic (exact) mass is 724 g/mol. The SMILES string of the molecule is Cn1c2ccccc2c2cccc(-c3cccc4c(-c5cccc6c(-c7ccccc7)cccc56)c5cccc(-c6cccc7c6[nH]c6ccccc67)c5cc34)c21. The van der Waals surface area contributed by atoms with Gasteiger partial charge in [-0.25, -0.2) is 0 Å². The third kappa shape index (κ3) is 4.65. The Morgan fingerprint density at radius 2 is 0.842 bits per heavy atom. The zero-order chi connectivity index (χ0) is 37.6. The topological polar surface area (TPSA) is 20.7 Å². The normalized spacial score (nSPS) is 11.9. The van der Waals surface area contributed by atoms with E-state index in [9.17, 15) is 0 Å². The molecule has 0 aliphatic heterocycles. The van der Waals surface area contributed by atoms with Crippen molar-refractivity contribution in [2.24, 2.45) is 7.05 Å². The fraction of sp³-hybridized carbons (Fsp3) is 0.0182. The van der Waals surface area contributed by atoms with Gasteiger partial charge in [0.2, 0.25) is 0 Å². The molecular weight excluding hydrogens is 689 g/mol. The van der Waals surface area contributed by atoms with E-state index in [0.29, 0.717) is 0 Å². The van der Waals surface area contributed by atoms with Gasteiger partial charge >= 0.3 is 0 Å². The Morgan fingerprint density at radius 3 is 1.60 bits per heavy atom. The van der Waals surface area contributed by atoms with E-state index in [-0.39, 0.29) is 0 Å². The molecule has 0 amide bonds. The average Bonchev–Trinajstić information content (AvgIpc) is 3.80. The van der Waals surface area contributed by atoms with Crippen molar-refractivity contribution >= 4 is 75.9 Å². The molecule has 1 N–H and O–H groups in total. The highest BCUT2D eigenvalue weighted by molar-refractivity contribution is 6.25. The van der Waals surface area contributed by atoms with Crippen LogP contribution in [-0.4, -0.2) is 9.55 Å². The van der Waals surface area contributed by atoms with Gasteiger partial charge in [0.05, 0.1) is 11.0 Å². The Hall–Kier alpha value is -7.42. The maximum atomic E-state index is 3.81. The third-order valence-electron chi connectivity index (χ3n) is 12.4. The summed E-state index contributed by atoms with van der Waals surface area (Å²) in [5.74, 6) is 0. The molecule has 0 saturated heterocycles. The fourth-order valence-corrected chi connectivity index (χ4v) is 9.88. The second kappa shape index (κ2) is 12.3. The molecular formula is C55H36N2. The maximum Gasteiger partial charge on any atom is 0.0568 e. The number of nitrogens with zero attached hydrogens (tertiary/aromatic N) is 1. The molecule has 57 heavy (non-hydrogen) atoms. The van der Waals surface area contributed by atoms with Gasteiger partial charge in [0.1, 0.15) is 0 Å². The zero-order valence-electron chi connectivity index (χ0n) is 31.4. The van der Waals surface area contributed by atoms with Gasteiger partial charge in [-0.2, -0.15) is 0 Å². The van der Waals surface area contributed by atoms with Crippen LogP contribution in [0.15, 0.2) is 194 Å². The quantitative estimate of drug-likeness (QED) is 0.175. The second-order valence-corrected chi connectivity index (χ2v) is 15.3. The highest BCUT2D eigenvalue weighted by Crippen LogP contribution is 2.47. The average molecular weight is 725 g/mol. The van der Waals surface area contributed by atoms with Crippen LogP contribution < -0.4 is 0 Å². The molecule has 2 heteroatoms. The van der Waals surface area contributed by atoms with Gasteiger partial charge in [0.15, 0.2) is 0 Å². The summed E-state index contributed by atoms with van der Waals surface area (Å²) < 4.78 is 2.37. The number of para-hydroxylation sites is 4. The summed E-state index contributed by atoms with van der Waals surface area (Å²) in [4.78, 5) is 3.81. The lowest BCUT2D eigenvalue weighted by Gasteiger charge is -2.19. The predicted octanol–water partition coefficient (Wildman–Crippen LogP) is 15.1. The molecule has 266 valence electrons. The van der Waals surface area contributed by atoms with Crippen molar-refractivity contribution in [3.8, 4) is 44.5 Å². The van der Waals surface area contributed by atoms with E-state index in [1.807, 2.05) is 0 Å². The largest absolute Gasteiger partial charge is 0.354 e. The van der Waals surface area contributed by atoms with Crippen LogP contribution in [0.25, 0.3) is 120 Å². The van der Waals surface area contributed by atoms with Crippen LogP contribution in [0.5, 0.6) is 0 Å². The first kappa shape index (κ1) is 31.9. The molecule has 0 fully saturated rings. The highest BCUT2D eigenvalue weighted by atomic mass is 14.9. The molecule has 2 aromatic heterocycles. The van der Waals surface area contributed by atoms with E-state index in [2.05, 4.69) is 211 Å². The molecule has 0 spiro atoms. The Balaban J connectivity index is 1.23. The minimum absolute atomic E-state index is 1.15. The number of benzene rings is 10. The Morgan fingerprint density at radius 1 is 0.333 bits per heavy atom. The minimum atomic E-state index is 1.15. The molecule has 0 aliphatic rings. The van der Waals surface area contributed by atoms with Gasteiger partial charge in [0, 0.05) is 50.8 Å². The summed E-state index contributed by atoms with van der Waals surface area (Å²) in [6.07, 6.45) is 0. The minimum Gasteiger partial charge on any atom is -0.354 e. The number of rotatable bonds is 4. The fourth-order valence-electron chi connectivity index (χ4n) is 9.88. The number of aromatic amines is 1. The van der Waals surface area contributed by atoms with E-state index >= 15 is 0 Å². The van der Waals surface area contributed by atoms with Gasteiger partial charge < -0.3 is 9.55 Å². The van der Waals surface area contributed by atoms with Gasteiger partial charge in [0.25, 0.3) is 0 Å². The first-order valence-electron chi connectivity index (χ1n) is 19.8. The molecule has 12 aromatic rings. The molecule has 0 aliphatic carbocycles. The number of aromatic nitrogens is 2. The maximum absolute atomic E-state index is 3.81. The van der Waals surface area contributed by atoms with Crippen LogP contribution in [0.2, 0.25) is 0 Å². The van der Waals surface area contributed by atoms with E-state index in [0.717, 1.165) is 5.52 Å². The van der Waals surface area contributed by atoms with Crippen LogP contribution in [0.3, 0.4) is 0 Å². The highest BCUT2D eigenvalue weighted by Gasteiger charge is 2.21. The van der Waals surface area contributed by atoms with Gasteiger partial charge in [-0.15, -0.1) is 0 Å². The third-order valence-corrected chi connectivity index (χ3v) is 12.4. The van der Waals surface area contributed by atoms with E-state index in [1.165, 1.54) is 115 Å². The van der Waals surface area contributed by atoms with Crippen molar-refractivity contribution in [2.75, 3.05) is 0 Å². The van der Waals surface area contributed by atoms with Crippen molar-refractivity contribution in [2.45, 2.75) is 0 Å². The number of hydrogen-bond donors (Lipinski definition) is 1. The summed E-state index contributed by atoms with van der Waals surface area (Å²) in [5, 5.41) is 12.5. The van der Waals surface area contributed by atoms with Crippen molar-refractivity contribution in [3.05, 3.63) is 194 Å². The standard InChI is InChI=1S/C55H36N2/c1-57-52-32-8-6-18-41(52)48-30-14-29-47(55(48)57)39-23-12-26-44-50(39)33-49-38(45-27-13-28-46-40-17-5-7-31-51(40)56-54(45)46)22-11-25-43(49)53(44)42-24-10-20-36-35(19-9-21-37(36)42)34-15-3-2-4-16-34/h2-33,56H,1H3. The van der Waals surface area contributed by atoms with Gasteiger partial charge in [-0.3, -0.25) is 0 Å². The summed E-state index contributed by atoms with van der Waals surface area (Å²) in [6, 6.07) is 71.6. The van der Waals surface area contributed by atoms with Crippen LogP contribution in [0, 0.1) is 0 Å². The van der Waals surface area contributed by atoms with Gasteiger partial charge in [-0.1, -0.05) is 176 Å². The summed E-state index contributed by atoms with van der Waals surface area (Å²) in [5.41, 5.74) is 14.7. The lowest BCUT2D eigenvalue weighted by atomic mass is 9.84. The summed E-state index contributed by atoms with van der Waals surface area (Å²) in [7, 11) is 2.21. The molecule has 10 aromatic carbocycles. The van der Waals surface area contributed by atoms with E-state index in [4.69, 9.17) is 0 Å². The van der Waals surface area contributed by atoms with Gasteiger partial charge in [-0.05, 0) is 83.9 Å². The molecule has 0 atom stereocenters. The number of hydrogen-bond acceptors (Lipinski definition) is 0. The first-order chi connectivity index (χ1) is 28.2. The number of aryl methyl sites for hydroxylation is 1. The van der Waals surface area contributed by atoms with Crippen molar-refractivity contribution in [3.63, 3.8) is 0 Å². The Labute approximate surface area is 329 Å². The number of nitrogens with one attached hydrogen (secondary N) is 1. The summed E-state index contributed by atoms with van der Waals surface area (Å²) >= 11 is 0. The molecule has 0 unspecified atom stereocenters. The molecule has 2 heterocycles. The smallest absolute Gasteiger partial charge is 0.0568 e. The molecule has 2 nitrogen and oxygen atoms in total. The van der Waals surface area contributed by atoms with Crippen LogP contribution in [-0.2, 0) is 7.05 Å². The Kier molecular flexibility index (Phi) is 6.88. The lowest BCUT2D eigenvalue weighted by molar-refractivity contribution is 1.02. The number of fused-ring (bicyclic) bond motifs is 9. The second-order valence-electron chi connectivity index (χ2n) is 15.3. The van der Waals surface area contributed by atoms with Crippen LogP contribution in [0.1, 0.15) is 0 Å². The van der Waals surface area contributed by atoms with Crippen LogP contribution in [0.4, 0.5) is 0 Å². The van der Waals surface area contributed by atoms with Crippen molar-refractivity contribution < 1.29 is 0 Å². The summed E-state index contributed by atoms with van der Waals surface area (Å²) in [6.45, 7) is 0. The molecule has 12 rings (SSSR count). The van der Waals surface area contributed by atoms with E-state index < -0.39 is 0 Å².